The molecule has 5 nitrogen and oxygen atoms in total. The molecule has 7 heteroatoms. The number of rotatable bonds is 6. The van der Waals surface area contributed by atoms with Crippen molar-refractivity contribution >= 4 is 15.9 Å². The molecular formula is C26H27FN2O3S. The highest BCUT2D eigenvalue weighted by Gasteiger charge is 2.29. The average molecular weight is 467 g/mol. The highest BCUT2D eigenvalue weighted by atomic mass is 32.2. The largest absolute Gasteiger partial charge is 0.337 e. The molecule has 33 heavy (non-hydrogen) atoms. The Bertz CT molecular complexity index is 1200. The van der Waals surface area contributed by atoms with E-state index < -0.39 is 15.8 Å². The molecule has 1 heterocycles. The molecule has 1 saturated heterocycles. The summed E-state index contributed by atoms with van der Waals surface area (Å²) in [4.78, 5) is 15.2. The lowest BCUT2D eigenvalue weighted by Gasteiger charge is -2.23. The second-order valence-corrected chi connectivity index (χ2v) is 10.1. The quantitative estimate of drug-likeness (QED) is 0.549. The second kappa shape index (κ2) is 10.3. The van der Waals surface area contributed by atoms with Crippen molar-refractivity contribution in [2.45, 2.75) is 24.2 Å². The standard InChI is InChI=1S/C26H27FN2O3S/c27-23-13-15-24(16-14-23)33(31,32)29-18-6-17-28(19-20-29)26(30)25-10-5-4-9-22(25)12-11-21-7-2-1-3-8-21/h1-5,7-10,13-16H,6,11-12,17-20H2. The molecule has 4 rings (SSSR count). The van der Waals surface area contributed by atoms with Crippen molar-refractivity contribution in [3.05, 3.63) is 101 Å². The summed E-state index contributed by atoms with van der Waals surface area (Å²) in [6.07, 6.45) is 2.14. The Morgan fingerprint density at radius 1 is 0.788 bits per heavy atom. The number of aryl methyl sites for hydroxylation is 2. The van der Waals surface area contributed by atoms with Crippen LogP contribution in [0, 0.1) is 5.82 Å². The lowest BCUT2D eigenvalue weighted by molar-refractivity contribution is 0.0763. The topological polar surface area (TPSA) is 57.7 Å². The molecule has 3 aromatic carbocycles. The fourth-order valence-corrected chi connectivity index (χ4v) is 5.60. The van der Waals surface area contributed by atoms with Crippen molar-refractivity contribution in [2.24, 2.45) is 0 Å². The summed E-state index contributed by atoms with van der Waals surface area (Å²) in [5.41, 5.74) is 2.88. The van der Waals surface area contributed by atoms with E-state index in [4.69, 9.17) is 0 Å². The van der Waals surface area contributed by atoms with E-state index in [1.165, 1.54) is 22.0 Å². The molecule has 3 aromatic rings. The van der Waals surface area contributed by atoms with Gasteiger partial charge in [0.15, 0.2) is 0 Å². The number of amides is 1. The van der Waals surface area contributed by atoms with Crippen LogP contribution in [0.2, 0.25) is 0 Å². The van der Waals surface area contributed by atoms with Gasteiger partial charge in [-0.3, -0.25) is 4.79 Å². The van der Waals surface area contributed by atoms with E-state index in [2.05, 4.69) is 12.1 Å². The predicted molar refractivity (Wildman–Crippen MR) is 126 cm³/mol. The zero-order chi connectivity index (χ0) is 23.3. The molecular weight excluding hydrogens is 439 g/mol. The Hall–Kier alpha value is -3.03. The molecule has 0 N–H and O–H groups in total. The van der Waals surface area contributed by atoms with Crippen LogP contribution in [-0.2, 0) is 22.9 Å². The Morgan fingerprint density at radius 3 is 2.24 bits per heavy atom. The van der Waals surface area contributed by atoms with Crippen LogP contribution >= 0.6 is 0 Å². The van der Waals surface area contributed by atoms with Gasteiger partial charge in [0, 0.05) is 31.7 Å². The SMILES string of the molecule is O=C(c1ccccc1CCc1ccccc1)N1CCCN(S(=O)(=O)c2ccc(F)cc2)CC1. The predicted octanol–water partition coefficient (Wildman–Crippen LogP) is 4.15. The lowest BCUT2D eigenvalue weighted by atomic mass is 9.99. The minimum atomic E-state index is -3.73. The van der Waals surface area contributed by atoms with Crippen LogP contribution in [0.1, 0.15) is 27.9 Å². The van der Waals surface area contributed by atoms with Gasteiger partial charge in [0.25, 0.3) is 5.91 Å². The Kier molecular flexibility index (Phi) is 7.20. The summed E-state index contributed by atoms with van der Waals surface area (Å²) < 4.78 is 40.5. The molecule has 0 spiro atoms. The van der Waals surface area contributed by atoms with Crippen molar-refractivity contribution in [3.63, 3.8) is 0 Å². The maximum atomic E-state index is 13.4. The molecule has 1 fully saturated rings. The number of carbonyl (C=O) groups is 1. The number of hydrogen-bond acceptors (Lipinski definition) is 3. The van der Waals surface area contributed by atoms with E-state index in [9.17, 15) is 17.6 Å². The number of benzene rings is 3. The Morgan fingerprint density at radius 2 is 1.48 bits per heavy atom. The summed E-state index contributed by atoms with van der Waals surface area (Å²) in [5, 5.41) is 0. The monoisotopic (exact) mass is 466 g/mol. The summed E-state index contributed by atoms with van der Waals surface area (Å²) in [6.45, 7) is 1.32. The number of sulfonamides is 1. The minimum Gasteiger partial charge on any atom is -0.337 e. The first kappa shape index (κ1) is 23.1. The number of halogens is 1. The fourth-order valence-electron chi connectivity index (χ4n) is 4.13. The Balaban J connectivity index is 1.45. The Labute approximate surface area is 194 Å². The minimum absolute atomic E-state index is 0.0648. The van der Waals surface area contributed by atoms with Crippen LogP contribution in [0.15, 0.2) is 83.8 Å². The van der Waals surface area contributed by atoms with Crippen LogP contribution in [0.5, 0.6) is 0 Å². The van der Waals surface area contributed by atoms with Crippen LogP contribution < -0.4 is 0 Å². The number of hydrogen-bond donors (Lipinski definition) is 0. The molecule has 172 valence electrons. The zero-order valence-corrected chi connectivity index (χ0v) is 19.2. The van der Waals surface area contributed by atoms with Crippen LogP contribution in [0.3, 0.4) is 0 Å². The smallest absolute Gasteiger partial charge is 0.254 e. The molecule has 0 bridgehead atoms. The van der Waals surface area contributed by atoms with Gasteiger partial charge in [-0.2, -0.15) is 4.31 Å². The molecule has 0 unspecified atom stereocenters. The molecule has 0 aromatic heterocycles. The molecule has 1 aliphatic heterocycles. The van der Waals surface area contributed by atoms with Gasteiger partial charge in [-0.05, 0) is 60.7 Å². The fraction of sp³-hybridized carbons (Fsp3) is 0.269. The second-order valence-electron chi connectivity index (χ2n) is 8.15. The lowest BCUT2D eigenvalue weighted by Crippen LogP contribution is -2.37. The first-order valence-corrected chi connectivity index (χ1v) is 12.6. The van der Waals surface area contributed by atoms with E-state index >= 15 is 0 Å². The van der Waals surface area contributed by atoms with Gasteiger partial charge in [-0.15, -0.1) is 0 Å². The first-order chi connectivity index (χ1) is 15.9. The van der Waals surface area contributed by atoms with Gasteiger partial charge in [-0.25, -0.2) is 12.8 Å². The summed E-state index contributed by atoms with van der Waals surface area (Å²) in [6, 6.07) is 22.6. The average Bonchev–Trinajstić information content (AvgIpc) is 3.10. The van der Waals surface area contributed by atoms with Gasteiger partial charge in [0.05, 0.1) is 4.90 Å². The molecule has 0 aliphatic carbocycles. The molecule has 0 saturated carbocycles. The van der Waals surface area contributed by atoms with Crippen LogP contribution in [0.25, 0.3) is 0 Å². The molecule has 0 atom stereocenters. The van der Waals surface area contributed by atoms with E-state index in [1.807, 2.05) is 42.5 Å². The zero-order valence-electron chi connectivity index (χ0n) is 18.4. The third-order valence-corrected chi connectivity index (χ3v) is 7.88. The maximum Gasteiger partial charge on any atom is 0.254 e. The summed E-state index contributed by atoms with van der Waals surface area (Å²) in [5.74, 6) is -0.549. The van der Waals surface area contributed by atoms with Crippen LogP contribution in [-0.4, -0.2) is 49.7 Å². The van der Waals surface area contributed by atoms with Gasteiger partial charge in [0.1, 0.15) is 5.82 Å². The molecule has 0 radical (unpaired) electrons. The summed E-state index contributed by atoms with van der Waals surface area (Å²) >= 11 is 0. The highest BCUT2D eigenvalue weighted by molar-refractivity contribution is 7.89. The van der Waals surface area contributed by atoms with Gasteiger partial charge in [-0.1, -0.05) is 48.5 Å². The first-order valence-electron chi connectivity index (χ1n) is 11.1. The third kappa shape index (κ3) is 5.49. The van der Waals surface area contributed by atoms with Gasteiger partial charge in [0.2, 0.25) is 10.0 Å². The normalized spacial score (nSPS) is 15.2. The van der Waals surface area contributed by atoms with E-state index in [0.717, 1.165) is 30.5 Å². The van der Waals surface area contributed by atoms with Gasteiger partial charge >= 0.3 is 0 Å². The number of nitrogens with zero attached hydrogens (tertiary/aromatic N) is 2. The third-order valence-electron chi connectivity index (χ3n) is 5.97. The highest BCUT2D eigenvalue weighted by Crippen LogP contribution is 2.20. The molecule has 1 aliphatic rings. The van der Waals surface area contributed by atoms with Crippen molar-refractivity contribution in [1.29, 1.82) is 0 Å². The van der Waals surface area contributed by atoms with Crippen molar-refractivity contribution in [3.8, 4) is 0 Å². The van der Waals surface area contributed by atoms with E-state index in [1.54, 1.807) is 4.90 Å². The van der Waals surface area contributed by atoms with Crippen molar-refractivity contribution < 1.29 is 17.6 Å². The van der Waals surface area contributed by atoms with Gasteiger partial charge < -0.3 is 4.90 Å². The van der Waals surface area contributed by atoms with Crippen LogP contribution in [0.4, 0.5) is 4.39 Å². The van der Waals surface area contributed by atoms with Crippen molar-refractivity contribution in [2.75, 3.05) is 26.2 Å². The van der Waals surface area contributed by atoms with E-state index in [-0.39, 0.29) is 17.3 Å². The molecule has 1 amide bonds. The van der Waals surface area contributed by atoms with E-state index in [0.29, 0.717) is 31.6 Å². The number of carbonyl (C=O) groups excluding carboxylic acids is 1. The maximum absolute atomic E-state index is 13.4. The summed E-state index contributed by atoms with van der Waals surface area (Å²) in [7, 11) is -3.73. The van der Waals surface area contributed by atoms with Crippen molar-refractivity contribution in [1.82, 2.24) is 9.21 Å².